The van der Waals surface area contributed by atoms with Crippen molar-refractivity contribution in [3.63, 3.8) is 0 Å². The molecule has 0 aromatic heterocycles. The lowest BCUT2D eigenvalue weighted by molar-refractivity contribution is -0.120. The number of carbonyl (C=O) groups excluding carboxylic acids is 1. The summed E-state index contributed by atoms with van der Waals surface area (Å²) in [6.45, 7) is 4.11. The highest BCUT2D eigenvalue weighted by atomic mass is 32.2. The van der Waals surface area contributed by atoms with E-state index in [9.17, 15) is 13.2 Å². The third kappa shape index (κ3) is 4.52. The van der Waals surface area contributed by atoms with Crippen LogP contribution in [0.4, 0.5) is 5.69 Å². The van der Waals surface area contributed by atoms with Crippen LogP contribution in [0, 0.1) is 13.8 Å². The van der Waals surface area contributed by atoms with Crippen molar-refractivity contribution < 1.29 is 13.2 Å². The molecule has 1 amide bonds. The normalized spacial score (nSPS) is 11.2. The minimum atomic E-state index is -3.36. The van der Waals surface area contributed by atoms with Gasteiger partial charge < -0.3 is 5.32 Å². The molecule has 0 aliphatic rings. The summed E-state index contributed by atoms with van der Waals surface area (Å²) in [4.78, 5) is 11.2. The lowest BCUT2D eigenvalue weighted by atomic mass is 10.1. The van der Waals surface area contributed by atoms with Crippen LogP contribution in [0.25, 0.3) is 0 Å². The first-order chi connectivity index (χ1) is 9.25. The van der Waals surface area contributed by atoms with Gasteiger partial charge >= 0.3 is 0 Å². The van der Waals surface area contributed by atoms with Crippen molar-refractivity contribution in [3.05, 3.63) is 29.3 Å². The molecule has 0 aliphatic heterocycles. The lowest BCUT2D eigenvalue weighted by Gasteiger charge is -2.24. The van der Waals surface area contributed by atoms with E-state index in [0.29, 0.717) is 25.1 Å². The molecule has 5 nitrogen and oxygen atoms in total. The first-order valence-corrected chi connectivity index (χ1v) is 8.36. The number of hydrogen-bond acceptors (Lipinski definition) is 3. The summed E-state index contributed by atoms with van der Waals surface area (Å²) in [5.41, 5.74) is 2.59. The molecule has 1 rings (SSSR count). The third-order valence-electron chi connectivity index (χ3n) is 3.08. The largest absolute Gasteiger partial charge is 0.359 e. The van der Waals surface area contributed by atoms with Crippen molar-refractivity contribution in [1.29, 1.82) is 0 Å². The number of amides is 1. The first kappa shape index (κ1) is 16.5. The third-order valence-corrected chi connectivity index (χ3v) is 4.26. The topological polar surface area (TPSA) is 66.5 Å². The molecular formula is C14H22N2O3S. The first-order valence-electron chi connectivity index (χ1n) is 6.51. The minimum Gasteiger partial charge on any atom is -0.359 e. The molecule has 0 atom stereocenters. The van der Waals surface area contributed by atoms with Crippen LogP contribution in [0.15, 0.2) is 18.2 Å². The van der Waals surface area contributed by atoms with E-state index in [2.05, 4.69) is 5.32 Å². The number of sulfonamides is 1. The molecule has 0 radical (unpaired) electrons. The molecule has 112 valence electrons. The molecule has 0 spiro atoms. The van der Waals surface area contributed by atoms with Gasteiger partial charge in [-0.05, 0) is 37.5 Å². The van der Waals surface area contributed by atoms with E-state index in [1.165, 1.54) is 10.6 Å². The molecule has 1 aromatic rings. The quantitative estimate of drug-likeness (QED) is 0.867. The van der Waals surface area contributed by atoms with Crippen molar-refractivity contribution in [2.75, 3.05) is 24.2 Å². The summed E-state index contributed by atoms with van der Waals surface area (Å²) in [6, 6.07) is 5.71. The zero-order valence-corrected chi connectivity index (χ0v) is 13.3. The molecule has 6 heteroatoms. The molecule has 0 fully saturated rings. The Morgan fingerprint density at radius 2 is 1.95 bits per heavy atom. The summed E-state index contributed by atoms with van der Waals surface area (Å²) >= 11 is 0. The predicted molar refractivity (Wildman–Crippen MR) is 81.4 cm³/mol. The summed E-state index contributed by atoms with van der Waals surface area (Å²) in [6.07, 6.45) is 1.99. The average Bonchev–Trinajstić information content (AvgIpc) is 2.36. The maximum atomic E-state index is 12.0. The van der Waals surface area contributed by atoms with Gasteiger partial charge in [-0.1, -0.05) is 12.1 Å². The average molecular weight is 298 g/mol. The summed E-state index contributed by atoms with van der Waals surface area (Å²) < 4.78 is 25.3. The smallest absolute Gasteiger partial charge is 0.232 e. The van der Waals surface area contributed by atoms with Gasteiger partial charge in [0.2, 0.25) is 15.9 Å². The Morgan fingerprint density at radius 1 is 1.30 bits per heavy atom. The van der Waals surface area contributed by atoms with Gasteiger partial charge in [-0.3, -0.25) is 9.10 Å². The van der Waals surface area contributed by atoms with Gasteiger partial charge in [0.25, 0.3) is 0 Å². The van der Waals surface area contributed by atoms with Crippen LogP contribution in [-0.4, -0.2) is 34.2 Å². The molecule has 1 aromatic carbocycles. The summed E-state index contributed by atoms with van der Waals surface area (Å²) in [5.74, 6) is -0.0839. The Morgan fingerprint density at radius 3 is 2.50 bits per heavy atom. The number of rotatable bonds is 6. The van der Waals surface area contributed by atoms with Crippen molar-refractivity contribution in [1.82, 2.24) is 5.32 Å². The number of anilines is 1. The Labute approximate surface area is 121 Å². The van der Waals surface area contributed by atoms with Gasteiger partial charge in [-0.2, -0.15) is 0 Å². The molecule has 0 saturated heterocycles. The summed E-state index contributed by atoms with van der Waals surface area (Å²) in [7, 11) is -1.79. The van der Waals surface area contributed by atoms with Crippen LogP contribution in [-0.2, 0) is 14.8 Å². The standard InChI is InChI=1S/C14H22N2O3S/c1-11-7-8-12(2)13(10-11)16(20(4,18)19)9-5-6-14(17)15-3/h7-8,10H,5-6,9H2,1-4H3,(H,15,17). The van der Waals surface area contributed by atoms with Crippen molar-refractivity contribution >= 4 is 21.6 Å². The van der Waals surface area contributed by atoms with E-state index in [4.69, 9.17) is 0 Å². The highest BCUT2D eigenvalue weighted by molar-refractivity contribution is 7.92. The van der Waals surface area contributed by atoms with Crippen LogP contribution in [0.5, 0.6) is 0 Å². The lowest BCUT2D eigenvalue weighted by Crippen LogP contribution is -2.32. The zero-order valence-electron chi connectivity index (χ0n) is 12.4. The van der Waals surface area contributed by atoms with Gasteiger partial charge in [0.15, 0.2) is 0 Å². The van der Waals surface area contributed by atoms with Crippen molar-refractivity contribution in [2.45, 2.75) is 26.7 Å². The Kier molecular flexibility index (Phi) is 5.56. The van der Waals surface area contributed by atoms with Gasteiger partial charge in [0.05, 0.1) is 11.9 Å². The van der Waals surface area contributed by atoms with Crippen LogP contribution >= 0.6 is 0 Å². The number of carbonyl (C=O) groups is 1. The maximum absolute atomic E-state index is 12.0. The highest BCUT2D eigenvalue weighted by Gasteiger charge is 2.19. The molecule has 0 unspecified atom stereocenters. The second-order valence-corrected chi connectivity index (χ2v) is 6.81. The van der Waals surface area contributed by atoms with E-state index >= 15 is 0 Å². The van der Waals surface area contributed by atoms with Crippen LogP contribution in [0.2, 0.25) is 0 Å². The number of hydrogen-bond donors (Lipinski definition) is 1. The van der Waals surface area contributed by atoms with Gasteiger partial charge in [0, 0.05) is 20.0 Å². The molecule has 1 N–H and O–H groups in total. The Hall–Kier alpha value is -1.56. The Bertz CT molecular complexity index is 582. The molecule has 0 bridgehead atoms. The highest BCUT2D eigenvalue weighted by Crippen LogP contribution is 2.24. The Balaban J connectivity index is 2.96. The van der Waals surface area contributed by atoms with E-state index in [0.717, 1.165) is 11.1 Å². The summed E-state index contributed by atoms with van der Waals surface area (Å²) in [5, 5.41) is 2.53. The fraction of sp³-hybridized carbons (Fsp3) is 0.500. The van der Waals surface area contributed by atoms with Gasteiger partial charge in [-0.25, -0.2) is 8.42 Å². The predicted octanol–water partition coefficient (Wildman–Crippen LogP) is 1.60. The minimum absolute atomic E-state index is 0.0839. The van der Waals surface area contributed by atoms with E-state index in [1.54, 1.807) is 7.05 Å². The van der Waals surface area contributed by atoms with Crippen LogP contribution < -0.4 is 9.62 Å². The number of nitrogens with one attached hydrogen (secondary N) is 1. The molecule has 0 aliphatic carbocycles. The number of nitrogens with zero attached hydrogens (tertiary/aromatic N) is 1. The second kappa shape index (κ2) is 6.74. The van der Waals surface area contributed by atoms with Crippen LogP contribution in [0.3, 0.4) is 0 Å². The maximum Gasteiger partial charge on any atom is 0.232 e. The molecular weight excluding hydrogens is 276 g/mol. The fourth-order valence-electron chi connectivity index (χ4n) is 1.96. The monoisotopic (exact) mass is 298 g/mol. The van der Waals surface area contributed by atoms with Crippen LogP contribution in [0.1, 0.15) is 24.0 Å². The fourth-order valence-corrected chi connectivity index (χ4v) is 2.98. The SMILES string of the molecule is CNC(=O)CCCN(c1cc(C)ccc1C)S(C)(=O)=O. The second-order valence-electron chi connectivity index (χ2n) is 4.90. The molecule has 0 heterocycles. The van der Waals surface area contributed by atoms with Crippen molar-refractivity contribution in [3.8, 4) is 0 Å². The number of aryl methyl sites for hydroxylation is 2. The van der Waals surface area contributed by atoms with Gasteiger partial charge in [-0.15, -0.1) is 0 Å². The zero-order chi connectivity index (χ0) is 15.3. The number of benzene rings is 1. The van der Waals surface area contributed by atoms with E-state index in [-0.39, 0.29) is 5.91 Å². The van der Waals surface area contributed by atoms with Gasteiger partial charge in [0.1, 0.15) is 0 Å². The van der Waals surface area contributed by atoms with Crippen molar-refractivity contribution in [2.24, 2.45) is 0 Å². The van der Waals surface area contributed by atoms with E-state index in [1.807, 2.05) is 32.0 Å². The van der Waals surface area contributed by atoms with E-state index < -0.39 is 10.0 Å². The molecule has 20 heavy (non-hydrogen) atoms. The molecule has 0 saturated carbocycles.